The highest BCUT2D eigenvalue weighted by Crippen LogP contribution is 2.19. The van der Waals surface area contributed by atoms with Crippen LogP contribution in [0.2, 0.25) is 0 Å². The SMILES string of the molecule is CC(C(=O)NC1CCN(c2ncccn2)CC1)n1cnc2ccccc21. The summed E-state index contributed by atoms with van der Waals surface area (Å²) in [5.41, 5.74) is 1.88. The van der Waals surface area contributed by atoms with Crippen LogP contribution in [0.1, 0.15) is 25.8 Å². The molecule has 7 nitrogen and oxygen atoms in total. The molecule has 3 aromatic rings. The Morgan fingerprint density at radius 1 is 1.12 bits per heavy atom. The standard InChI is InChI=1S/C19H22N6O/c1-14(25-13-22-16-5-2-3-6-17(16)25)18(26)23-15-7-11-24(12-8-15)19-20-9-4-10-21-19/h2-6,9-10,13-15H,7-8,11-12H2,1H3,(H,23,26). The van der Waals surface area contributed by atoms with Crippen molar-refractivity contribution in [2.24, 2.45) is 0 Å². The lowest BCUT2D eigenvalue weighted by molar-refractivity contribution is -0.124. The maximum absolute atomic E-state index is 12.7. The fraction of sp³-hybridized carbons (Fsp3) is 0.368. The van der Waals surface area contributed by atoms with Gasteiger partial charge in [0.1, 0.15) is 6.04 Å². The summed E-state index contributed by atoms with van der Waals surface area (Å²) in [5, 5.41) is 3.19. The van der Waals surface area contributed by atoms with Gasteiger partial charge in [-0.25, -0.2) is 15.0 Å². The Labute approximate surface area is 152 Å². The van der Waals surface area contributed by atoms with Crippen molar-refractivity contribution in [3.05, 3.63) is 49.1 Å². The summed E-state index contributed by atoms with van der Waals surface area (Å²) in [5.74, 6) is 0.790. The number of imidazole rings is 1. The van der Waals surface area contributed by atoms with Gasteiger partial charge < -0.3 is 14.8 Å². The Morgan fingerprint density at radius 3 is 2.62 bits per heavy atom. The molecule has 1 fully saturated rings. The molecular formula is C19H22N6O. The Kier molecular flexibility index (Phi) is 4.51. The molecular weight excluding hydrogens is 328 g/mol. The Bertz CT molecular complexity index is 885. The van der Waals surface area contributed by atoms with Crippen molar-refractivity contribution < 1.29 is 4.79 Å². The molecule has 26 heavy (non-hydrogen) atoms. The number of hydrogen-bond acceptors (Lipinski definition) is 5. The van der Waals surface area contributed by atoms with Crippen LogP contribution in [0.4, 0.5) is 5.95 Å². The van der Waals surface area contributed by atoms with E-state index in [0.717, 1.165) is 42.9 Å². The normalized spacial score (nSPS) is 16.6. The van der Waals surface area contributed by atoms with Gasteiger partial charge in [0.2, 0.25) is 11.9 Å². The number of piperidine rings is 1. The van der Waals surface area contributed by atoms with Gasteiger partial charge in [-0.05, 0) is 38.0 Å². The van der Waals surface area contributed by atoms with Gasteiger partial charge in [-0.1, -0.05) is 12.1 Å². The predicted molar refractivity (Wildman–Crippen MR) is 99.9 cm³/mol. The number of para-hydroxylation sites is 2. The molecule has 1 N–H and O–H groups in total. The van der Waals surface area contributed by atoms with E-state index in [1.807, 2.05) is 41.8 Å². The number of benzene rings is 1. The first-order valence-corrected chi connectivity index (χ1v) is 8.96. The second-order valence-corrected chi connectivity index (χ2v) is 6.64. The van der Waals surface area contributed by atoms with E-state index in [0.29, 0.717) is 0 Å². The zero-order valence-corrected chi connectivity index (χ0v) is 14.7. The van der Waals surface area contributed by atoms with Crippen LogP contribution in [-0.4, -0.2) is 44.6 Å². The number of amides is 1. The van der Waals surface area contributed by atoms with E-state index in [-0.39, 0.29) is 18.0 Å². The fourth-order valence-electron chi connectivity index (χ4n) is 3.41. The molecule has 4 rings (SSSR count). The number of nitrogens with zero attached hydrogens (tertiary/aromatic N) is 5. The van der Waals surface area contributed by atoms with E-state index in [2.05, 4.69) is 25.2 Å². The van der Waals surface area contributed by atoms with Gasteiger partial charge >= 0.3 is 0 Å². The van der Waals surface area contributed by atoms with Crippen LogP contribution in [-0.2, 0) is 4.79 Å². The van der Waals surface area contributed by atoms with Gasteiger partial charge in [0.05, 0.1) is 17.4 Å². The van der Waals surface area contributed by atoms with Crippen molar-refractivity contribution in [1.29, 1.82) is 0 Å². The molecule has 1 aromatic carbocycles. The van der Waals surface area contributed by atoms with Gasteiger partial charge in [-0.2, -0.15) is 0 Å². The highest BCUT2D eigenvalue weighted by molar-refractivity contribution is 5.83. The molecule has 1 unspecified atom stereocenters. The van der Waals surface area contributed by atoms with Crippen molar-refractivity contribution in [2.45, 2.75) is 31.8 Å². The number of aromatic nitrogens is 4. The van der Waals surface area contributed by atoms with Gasteiger partial charge in [0.25, 0.3) is 0 Å². The smallest absolute Gasteiger partial charge is 0.243 e. The lowest BCUT2D eigenvalue weighted by Crippen LogP contribution is -2.46. The average Bonchev–Trinajstić information content (AvgIpc) is 3.13. The summed E-state index contributed by atoms with van der Waals surface area (Å²) in [7, 11) is 0. The summed E-state index contributed by atoms with van der Waals surface area (Å²) in [4.78, 5) is 27.8. The monoisotopic (exact) mass is 350 g/mol. The number of fused-ring (bicyclic) bond motifs is 1. The molecule has 1 amide bonds. The largest absolute Gasteiger partial charge is 0.351 e. The summed E-state index contributed by atoms with van der Waals surface area (Å²) in [6, 6.07) is 9.57. The summed E-state index contributed by atoms with van der Waals surface area (Å²) >= 11 is 0. The zero-order valence-electron chi connectivity index (χ0n) is 14.7. The highest BCUT2D eigenvalue weighted by Gasteiger charge is 2.25. The summed E-state index contributed by atoms with van der Waals surface area (Å²) < 4.78 is 1.93. The first-order chi connectivity index (χ1) is 12.7. The third-order valence-corrected chi connectivity index (χ3v) is 4.95. The van der Waals surface area contributed by atoms with Crippen molar-refractivity contribution in [3.8, 4) is 0 Å². The van der Waals surface area contributed by atoms with Gasteiger partial charge in [0.15, 0.2) is 0 Å². The van der Waals surface area contributed by atoms with Crippen molar-refractivity contribution in [3.63, 3.8) is 0 Å². The summed E-state index contributed by atoms with van der Waals surface area (Å²) in [6.07, 6.45) is 7.04. The van der Waals surface area contributed by atoms with Crippen LogP contribution >= 0.6 is 0 Å². The number of carbonyl (C=O) groups is 1. The van der Waals surface area contributed by atoms with Crippen molar-refractivity contribution in [2.75, 3.05) is 18.0 Å². The molecule has 1 saturated heterocycles. The topological polar surface area (TPSA) is 75.9 Å². The maximum Gasteiger partial charge on any atom is 0.243 e. The van der Waals surface area contributed by atoms with E-state index < -0.39 is 0 Å². The Hall–Kier alpha value is -2.96. The van der Waals surface area contributed by atoms with Crippen LogP contribution in [0, 0.1) is 0 Å². The number of rotatable bonds is 4. The van der Waals surface area contributed by atoms with E-state index in [9.17, 15) is 4.79 Å². The maximum atomic E-state index is 12.7. The van der Waals surface area contributed by atoms with Crippen molar-refractivity contribution >= 4 is 22.9 Å². The molecule has 0 aliphatic carbocycles. The number of nitrogens with one attached hydrogen (secondary N) is 1. The molecule has 0 bridgehead atoms. The molecule has 1 aliphatic rings. The molecule has 2 aromatic heterocycles. The molecule has 1 atom stereocenters. The zero-order chi connectivity index (χ0) is 17.9. The second kappa shape index (κ2) is 7.11. The van der Waals surface area contributed by atoms with Crippen LogP contribution < -0.4 is 10.2 Å². The molecule has 0 spiro atoms. The summed E-state index contributed by atoms with van der Waals surface area (Å²) in [6.45, 7) is 3.60. The third kappa shape index (κ3) is 3.24. The van der Waals surface area contributed by atoms with Gasteiger partial charge in [0, 0.05) is 31.5 Å². The van der Waals surface area contributed by atoms with E-state index in [4.69, 9.17) is 0 Å². The number of hydrogen-bond donors (Lipinski definition) is 1. The number of carbonyl (C=O) groups excluding carboxylic acids is 1. The molecule has 3 heterocycles. The predicted octanol–water partition coefficient (Wildman–Crippen LogP) is 2.17. The fourth-order valence-corrected chi connectivity index (χ4v) is 3.41. The lowest BCUT2D eigenvalue weighted by atomic mass is 10.0. The third-order valence-electron chi connectivity index (χ3n) is 4.95. The van der Waals surface area contributed by atoms with Crippen LogP contribution in [0.5, 0.6) is 0 Å². The minimum atomic E-state index is -0.294. The number of anilines is 1. The second-order valence-electron chi connectivity index (χ2n) is 6.64. The van der Waals surface area contributed by atoms with Gasteiger partial charge in [-0.15, -0.1) is 0 Å². The van der Waals surface area contributed by atoms with Crippen LogP contribution in [0.15, 0.2) is 49.1 Å². The Morgan fingerprint density at radius 2 is 1.85 bits per heavy atom. The van der Waals surface area contributed by atoms with Crippen molar-refractivity contribution in [1.82, 2.24) is 24.8 Å². The molecule has 1 aliphatic heterocycles. The Balaban J connectivity index is 1.37. The molecule has 0 radical (unpaired) electrons. The van der Waals surface area contributed by atoms with Crippen LogP contribution in [0.3, 0.4) is 0 Å². The van der Waals surface area contributed by atoms with E-state index in [1.165, 1.54) is 0 Å². The first-order valence-electron chi connectivity index (χ1n) is 8.96. The molecule has 134 valence electrons. The van der Waals surface area contributed by atoms with Crippen LogP contribution in [0.25, 0.3) is 11.0 Å². The minimum Gasteiger partial charge on any atom is -0.351 e. The van der Waals surface area contributed by atoms with E-state index >= 15 is 0 Å². The minimum absolute atomic E-state index is 0.0302. The van der Waals surface area contributed by atoms with E-state index in [1.54, 1.807) is 18.7 Å². The highest BCUT2D eigenvalue weighted by atomic mass is 16.2. The van der Waals surface area contributed by atoms with Gasteiger partial charge in [-0.3, -0.25) is 4.79 Å². The average molecular weight is 350 g/mol. The molecule has 0 saturated carbocycles. The first kappa shape index (κ1) is 16.5. The quantitative estimate of drug-likeness (QED) is 0.780. The molecule has 7 heteroatoms. The lowest BCUT2D eigenvalue weighted by Gasteiger charge is -2.32.